The monoisotopic (exact) mass is 490 g/mol. The average molecular weight is 491 g/mol. The lowest BCUT2D eigenvalue weighted by molar-refractivity contribution is -0.123. The molecule has 30 heavy (non-hydrogen) atoms. The zero-order valence-corrected chi connectivity index (χ0v) is 20.0. The predicted octanol–water partition coefficient (Wildman–Crippen LogP) is 4.44. The molecule has 1 saturated heterocycles. The lowest BCUT2D eigenvalue weighted by Gasteiger charge is -2.34. The van der Waals surface area contributed by atoms with E-state index in [1.165, 1.54) is 9.87 Å². The van der Waals surface area contributed by atoms with E-state index >= 15 is 0 Å². The first kappa shape index (κ1) is 21.5. The molecule has 7 heteroatoms. The Bertz CT molecular complexity index is 1090. The quantitative estimate of drug-likeness (QED) is 0.638. The van der Waals surface area contributed by atoms with Gasteiger partial charge in [0, 0.05) is 35.2 Å². The van der Waals surface area contributed by atoms with Crippen molar-refractivity contribution in [1.82, 2.24) is 4.31 Å². The number of piperidine rings is 1. The Morgan fingerprint density at radius 3 is 2.47 bits per heavy atom. The van der Waals surface area contributed by atoms with E-state index in [2.05, 4.69) is 28.9 Å². The number of rotatable bonds is 3. The van der Waals surface area contributed by atoms with Crippen LogP contribution in [0.3, 0.4) is 0 Å². The number of sulfonamides is 1. The molecule has 2 aromatic carbocycles. The fourth-order valence-electron chi connectivity index (χ4n) is 4.60. The fraction of sp³-hybridized carbons (Fsp3) is 0.435. The third kappa shape index (κ3) is 3.83. The van der Waals surface area contributed by atoms with Crippen LogP contribution >= 0.6 is 15.9 Å². The number of halogens is 1. The molecular weight excluding hydrogens is 464 g/mol. The molecule has 0 radical (unpaired) electrons. The van der Waals surface area contributed by atoms with Crippen molar-refractivity contribution in [3.8, 4) is 0 Å². The number of hydrogen-bond donors (Lipinski definition) is 0. The number of nitrogens with zero attached hydrogens (tertiary/aromatic N) is 2. The zero-order valence-electron chi connectivity index (χ0n) is 17.6. The van der Waals surface area contributed by atoms with E-state index in [0.29, 0.717) is 30.8 Å². The second-order valence-electron chi connectivity index (χ2n) is 8.48. The average Bonchev–Trinajstić information content (AvgIpc) is 3.04. The summed E-state index contributed by atoms with van der Waals surface area (Å²) in [6, 6.07) is 11.7. The second kappa shape index (κ2) is 8.09. The van der Waals surface area contributed by atoms with Crippen LogP contribution in [-0.2, 0) is 21.2 Å². The van der Waals surface area contributed by atoms with E-state index in [4.69, 9.17) is 0 Å². The molecule has 0 aromatic heterocycles. The van der Waals surface area contributed by atoms with E-state index in [9.17, 15) is 13.2 Å². The molecule has 2 aliphatic heterocycles. The van der Waals surface area contributed by atoms with Crippen LogP contribution in [0.25, 0.3) is 0 Å². The molecule has 1 unspecified atom stereocenters. The minimum absolute atomic E-state index is 0.118. The van der Waals surface area contributed by atoms with E-state index in [0.717, 1.165) is 27.7 Å². The van der Waals surface area contributed by atoms with Gasteiger partial charge in [0.15, 0.2) is 0 Å². The summed E-state index contributed by atoms with van der Waals surface area (Å²) in [5, 5.41) is 0. The predicted molar refractivity (Wildman–Crippen MR) is 122 cm³/mol. The largest absolute Gasteiger partial charge is 0.309 e. The maximum absolute atomic E-state index is 13.3. The zero-order chi connectivity index (χ0) is 21.6. The van der Waals surface area contributed by atoms with Crippen molar-refractivity contribution in [3.63, 3.8) is 0 Å². The van der Waals surface area contributed by atoms with Gasteiger partial charge in [0.05, 0.1) is 4.90 Å². The smallest absolute Gasteiger partial charge is 0.243 e. The van der Waals surface area contributed by atoms with Gasteiger partial charge in [0.2, 0.25) is 15.9 Å². The Morgan fingerprint density at radius 2 is 1.77 bits per heavy atom. The number of anilines is 1. The standard InChI is InChI=1S/C23H27BrN2O3S/c1-15-4-5-16(2)22(12-15)30(28,29)25-10-8-18(9-11-25)23(27)26-17(3)13-19-14-20(24)6-7-21(19)26/h4-7,12,14,17-18H,8-11,13H2,1-3H3. The molecule has 2 aliphatic rings. The van der Waals surface area contributed by atoms with Crippen molar-refractivity contribution in [2.24, 2.45) is 5.92 Å². The molecule has 5 nitrogen and oxygen atoms in total. The van der Waals surface area contributed by atoms with Crippen LogP contribution in [0, 0.1) is 19.8 Å². The summed E-state index contributed by atoms with van der Waals surface area (Å²) < 4.78 is 28.9. The molecule has 0 saturated carbocycles. The Hall–Kier alpha value is -1.70. The molecule has 4 rings (SSSR count). The molecule has 2 heterocycles. The Balaban J connectivity index is 1.49. The van der Waals surface area contributed by atoms with Crippen molar-refractivity contribution < 1.29 is 13.2 Å². The Kier molecular flexibility index (Phi) is 5.81. The highest BCUT2D eigenvalue weighted by Gasteiger charge is 2.38. The first-order chi connectivity index (χ1) is 14.2. The summed E-state index contributed by atoms with van der Waals surface area (Å²) in [4.78, 5) is 15.6. The summed E-state index contributed by atoms with van der Waals surface area (Å²) >= 11 is 3.51. The van der Waals surface area contributed by atoms with Gasteiger partial charge in [0.25, 0.3) is 0 Å². The van der Waals surface area contributed by atoms with Crippen LogP contribution in [0.5, 0.6) is 0 Å². The number of fused-ring (bicyclic) bond motifs is 1. The number of carbonyl (C=O) groups excluding carboxylic acids is 1. The van der Waals surface area contributed by atoms with Gasteiger partial charge in [0.1, 0.15) is 0 Å². The van der Waals surface area contributed by atoms with Crippen LogP contribution in [0.2, 0.25) is 0 Å². The Morgan fingerprint density at radius 1 is 1.07 bits per heavy atom. The number of amides is 1. The summed E-state index contributed by atoms with van der Waals surface area (Å²) in [6.45, 7) is 6.55. The second-order valence-corrected chi connectivity index (χ2v) is 11.3. The van der Waals surface area contributed by atoms with Crippen molar-refractivity contribution >= 4 is 37.5 Å². The molecule has 0 bridgehead atoms. The first-order valence-corrected chi connectivity index (χ1v) is 12.6. The molecule has 0 spiro atoms. The summed E-state index contributed by atoms with van der Waals surface area (Å²) in [5.74, 6) is -0.0283. The van der Waals surface area contributed by atoms with Crippen LogP contribution < -0.4 is 4.90 Å². The van der Waals surface area contributed by atoms with E-state index < -0.39 is 10.0 Å². The van der Waals surface area contributed by atoms with Crippen LogP contribution in [0.4, 0.5) is 5.69 Å². The summed E-state index contributed by atoms with van der Waals surface area (Å²) in [6.07, 6.45) is 1.95. The lowest BCUT2D eigenvalue weighted by atomic mass is 9.96. The van der Waals surface area contributed by atoms with Gasteiger partial charge in [-0.25, -0.2) is 8.42 Å². The molecule has 1 atom stereocenters. The van der Waals surface area contributed by atoms with Gasteiger partial charge in [-0.1, -0.05) is 28.1 Å². The molecule has 2 aromatic rings. The van der Waals surface area contributed by atoms with E-state index in [1.54, 1.807) is 6.07 Å². The molecule has 1 fully saturated rings. The van der Waals surface area contributed by atoms with Crippen molar-refractivity contribution in [3.05, 3.63) is 57.6 Å². The highest BCUT2D eigenvalue weighted by molar-refractivity contribution is 9.10. The lowest BCUT2D eigenvalue weighted by Crippen LogP contribution is -2.46. The van der Waals surface area contributed by atoms with Gasteiger partial charge in [-0.05, 0) is 81.0 Å². The van der Waals surface area contributed by atoms with E-state index in [-0.39, 0.29) is 17.9 Å². The van der Waals surface area contributed by atoms with Gasteiger partial charge in [-0.2, -0.15) is 4.31 Å². The third-order valence-corrected chi connectivity index (χ3v) is 8.79. The van der Waals surface area contributed by atoms with Gasteiger partial charge >= 0.3 is 0 Å². The van der Waals surface area contributed by atoms with Gasteiger partial charge in [-0.3, -0.25) is 4.79 Å². The molecule has 160 valence electrons. The highest BCUT2D eigenvalue weighted by Crippen LogP contribution is 2.37. The SMILES string of the molecule is Cc1ccc(C)c(S(=O)(=O)N2CCC(C(=O)N3c4ccc(Br)cc4CC3C)CC2)c1. The summed E-state index contributed by atoms with van der Waals surface area (Å²) in [5.41, 5.74) is 3.85. The van der Waals surface area contributed by atoms with Crippen LogP contribution in [0.15, 0.2) is 45.8 Å². The van der Waals surface area contributed by atoms with E-state index in [1.807, 2.05) is 43.0 Å². The van der Waals surface area contributed by atoms with Crippen molar-refractivity contribution in [2.45, 2.75) is 51.0 Å². The van der Waals surface area contributed by atoms with Crippen LogP contribution in [-0.4, -0.2) is 37.8 Å². The number of hydrogen-bond acceptors (Lipinski definition) is 3. The molecule has 0 aliphatic carbocycles. The maximum Gasteiger partial charge on any atom is 0.243 e. The fourth-order valence-corrected chi connectivity index (χ4v) is 6.79. The Labute approximate surface area is 187 Å². The summed E-state index contributed by atoms with van der Waals surface area (Å²) in [7, 11) is -3.54. The number of benzene rings is 2. The molecule has 0 N–H and O–H groups in total. The topological polar surface area (TPSA) is 57.7 Å². The number of aryl methyl sites for hydroxylation is 2. The normalized spacial score (nSPS) is 20.4. The van der Waals surface area contributed by atoms with Crippen LogP contribution in [0.1, 0.15) is 36.5 Å². The van der Waals surface area contributed by atoms with Crippen molar-refractivity contribution in [1.29, 1.82) is 0 Å². The minimum atomic E-state index is -3.54. The molecular formula is C23H27BrN2O3S. The van der Waals surface area contributed by atoms with Crippen molar-refractivity contribution in [2.75, 3.05) is 18.0 Å². The first-order valence-electron chi connectivity index (χ1n) is 10.4. The van der Waals surface area contributed by atoms with Gasteiger partial charge < -0.3 is 4.90 Å². The minimum Gasteiger partial charge on any atom is -0.309 e. The highest BCUT2D eigenvalue weighted by atomic mass is 79.9. The maximum atomic E-state index is 13.3. The number of carbonyl (C=O) groups is 1. The molecule has 1 amide bonds. The van der Waals surface area contributed by atoms with Gasteiger partial charge in [-0.15, -0.1) is 0 Å². The third-order valence-electron chi connectivity index (χ3n) is 6.26.